The minimum atomic E-state index is 0.796. The van der Waals surface area contributed by atoms with E-state index in [4.69, 9.17) is 5.73 Å². The third-order valence-electron chi connectivity index (χ3n) is 2.99. The van der Waals surface area contributed by atoms with Crippen molar-refractivity contribution in [2.75, 3.05) is 12.3 Å². The van der Waals surface area contributed by atoms with Crippen molar-refractivity contribution in [3.63, 3.8) is 0 Å². The number of benzene rings is 1. The molecule has 1 aromatic carbocycles. The summed E-state index contributed by atoms with van der Waals surface area (Å²) in [5.74, 6) is 0. The summed E-state index contributed by atoms with van der Waals surface area (Å²) < 4.78 is 1.03. The number of hydrogen-bond donors (Lipinski definition) is 1. The number of halogens is 1. The van der Waals surface area contributed by atoms with E-state index in [1.807, 2.05) is 24.5 Å². The van der Waals surface area contributed by atoms with E-state index in [0.717, 1.165) is 29.8 Å². The van der Waals surface area contributed by atoms with Crippen molar-refractivity contribution in [3.8, 4) is 0 Å². The maximum Gasteiger partial charge on any atom is 0.0328 e. The Labute approximate surface area is 122 Å². The van der Waals surface area contributed by atoms with Crippen LogP contribution in [0.4, 0.5) is 5.69 Å². The summed E-state index contributed by atoms with van der Waals surface area (Å²) in [6, 6.07) is 10.2. The Hall–Kier alpha value is -1.39. The second-order valence-electron chi connectivity index (χ2n) is 4.55. The molecule has 100 valence electrons. The Morgan fingerprint density at radius 3 is 2.42 bits per heavy atom. The predicted octanol–water partition coefficient (Wildman–Crippen LogP) is 3.45. The standard InChI is InChI=1S/C15H18BrN3/c1-2-19(10-12-3-5-18-6-4-12)11-13-7-14(16)9-15(17)8-13/h3-9H,2,10-11,17H2,1H3. The van der Waals surface area contributed by atoms with E-state index in [1.54, 1.807) is 0 Å². The van der Waals surface area contributed by atoms with Crippen molar-refractivity contribution in [2.24, 2.45) is 0 Å². The SMILES string of the molecule is CCN(Cc1ccncc1)Cc1cc(N)cc(Br)c1. The molecule has 0 aliphatic heterocycles. The largest absolute Gasteiger partial charge is 0.399 e. The second kappa shape index (κ2) is 6.68. The van der Waals surface area contributed by atoms with Crippen LogP contribution in [0.3, 0.4) is 0 Å². The highest BCUT2D eigenvalue weighted by molar-refractivity contribution is 9.10. The number of anilines is 1. The Morgan fingerprint density at radius 2 is 1.79 bits per heavy atom. The van der Waals surface area contributed by atoms with Gasteiger partial charge < -0.3 is 5.73 Å². The molecule has 0 radical (unpaired) electrons. The van der Waals surface area contributed by atoms with Crippen LogP contribution >= 0.6 is 15.9 Å². The molecule has 0 atom stereocenters. The van der Waals surface area contributed by atoms with Crippen LogP contribution in [0.1, 0.15) is 18.1 Å². The maximum absolute atomic E-state index is 5.87. The smallest absolute Gasteiger partial charge is 0.0328 e. The molecule has 0 aliphatic rings. The van der Waals surface area contributed by atoms with Gasteiger partial charge in [0.15, 0.2) is 0 Å². The Kier molecular flexibility index (Phi) is 4.93. The average molecular weight is 320 g/mol. The van der Waals surface area contributed by atoms with E-state index in [2.05, 4.69) is 50.9 Å². The molecule has 1 aromatic heterocycles. The molecule has 0 spiro atoms. The van der Waals surface area contributed by atoms with Gasteiger partial charge in [0.1, 0.15) is 0 Å². The van der Waals surface area contributed by atoms with Crippen LogP contribution in [0.2, 0.25) is 0 Å². The molecule has 2 rings (SSSR count). The molecule has 0 saturated heterocycles. The molecule has 3 nitrogen and oxygen atoms in total. The monoisotopic (exact) mass is 319 g/mol. The van der Waals surface area contributed by atoms with Crippen molar-refractivity contribution >= 4 is 21.6 Å². The number of nitrogen functional groups attached to an aromatic ring is 1. The zero-order valence-electron chi connectivity index (χ0n) is 11.0. The summed E-state index contributed by atoms with van der Waals surface area (Å²) in [6.07, 6.45) is 3.67. The van der Waals surface area contributed by atoms with Gasteiger partial charge in [0.2, 0.25) is 0 Å². The van der Waals surface area contributed by atoms with Crippen LogP contribution in [-0.2, 0) is 13.1 Å². The number of pyridine rings is 1. The lowest BCUT2D eigenvalue weighted by molar-refractivity contribution is 0.271. The van der Waals surface area contributed by atoms with Crippen LogP contribution in [0.5, 0.6) is 0 Å². The van der Waals surface area contributed by atoms with E-state index in [1.165, 1.54) is 11.1 Å². The molecular formula is C15H18BrN3. The lowest BCUT2D eigenvalue weighted by Gasteiger charge is -2.21. The summed E-state index contributed by atoms with van der Waals surface area (Å²) in [5.41, 5.74) is 9.17. The van der Waals surface area contributed by atoms with E-state index >= 15 is 0 Å². The molecule has 0 aliphatic carbocycles. The van der Waals surface area contributed by atoms with Crippen molar-refractivity contribution in [2.45, 2.75) is 20.0 Å². The number of hydrogen-bond acceptors (Lipinski definition) is 3. The zero-order valence-corrected chi connectivity index (χ0v) is 12.6. The molecule has 2 aromatic rings. The first kappa shape index (κ1) is 14.0. The number of nitrogens with two attached hydrogens (primary N) is 1. The minimum Gasteiger partial charge on any atom is -0.399 e. The van der Waals surface area contributed by atoms with Gasteiger partial charge in [0.05, 0.1) is 0 Å². The fraction of sp³-hybridized carbons (Fsp3) is 0.267. The number of nitrogens with zero attached hydrogens (tertiary/aromatic N) is 2. The molecule has 1 heterocycles. The molecule has 0 unspecified atom stereocenters. The van der Waals surface area contributed by atoms with E-state index in [-0.39, 0.29) is 0 Å². The Bertz CT molecular complexity index is 508. The molecule has 4 heteroatoms. The quantitative estimate of drug-likeness (QED) is 0.858. The fourth-order valence-electron chi connectivity index (χ4n) is 2.05. The summed E-state index contributed by atoms with van der Waals surface area (Å²) >= 11 is 3.48. The van der Waals surface area contributed by atoms with Crippen LogP contribution in [-0.4, -0.2) is 16.4 Å². The lowest BCUT2D eigenvalue weighted by Crippen LogP contribution is -2.22. The summed E-state index contributed by atoms with van der Waals surface area (Å²) in [4.78, 5) is 6.42. The third kappa shape index (κ3) is 4.33. The van der Waals surface area contributed by atoms with Gasteiger partial charge >= 0.3 is 0 Å². The first-order valence-electron chi connectivity index (χ1n) is 6.33. The number of aromatic nitrogens is 1. The minimum absolute atomic E-state index is 0.796. The average Bonchev–Trinajstić information content (AvgIpc) is 2.38. The zero-order chi connectivity index (χ0) is 13.7. The van der Waals surface area contributed by atoms with Crippen LogP contribution in [0.15, 0.2) is 47.2 Å². The van der Waals surface area contributed by atoms with E-state index < -0.39 is 0 Å². The van der Waals surface area contributed by atoms with Gasteiger partial charge in [0.25, 0.3) is 0 Å². The van der Waals surface area contributed by atoms with Crippen LogP contribution in [0.25, 0.3) is 0 Å². The molecule has 19 heavy (non-hydrogen) atoms. The van der Waals surface area contributed by atoms with E-state index in [9.17, 15) is 0 Å². The lowest BCUT2D eigenvalue weighted by atomic mass is 10.1. The second-order valence-corrected chi connectivity index (χ2v) is 5.47. The van der Waals surface area contributed by atoms with Crippen molar-refractivity contribution in [1.82, 2.24) is 9.88 Å². The van der Waals surface area contributed by atoms with Gasteiger partial charge in [-0.15, -0.1) is 0 Å². The topological polar surface area (TPSA) is 42.2 Å². The maximum atomic E-state index is 5.87. The molecule has 0 fully saturated rings. The van der Waals surface area contributed by atoms with Crippen LogP contribution < -0.4 is 5.73 Å². The normalized spacial score (nSPS) is 10.9. The van der Waals surface area contributed by atoms with Gasteiger partial charge in [-0.05, 0) is 48.0 Å². The highest BCUT2D eigenvalue weighted by Gasteiger charge is 2.06. The van der Waals surface area contributed by atoms with Crippen molar-refractivity contribution < 1.29 is 0 Å². The Morgan fingerprint density at radius 1 is 1.11 bits per heavy atom. The van der Waals surface area contributed by atoms with Gasteiger partial charge in [0, 0.05) is 35.6 Å². The first-order chi connectivity index (χ1) is 9.17. The highest BCUT2D eigenvalue weighted by atomic mass is 79.9. The first-order valence-corrected chi connectivity index (χ1v) is 7.13. The molecule has 0 saturated carbocycles. The highest BCUT2D eigenvalue weighted by Crippen LogP contribution is 2.19. The van der Waals surface area contributed by atoms with Gasteiger partial charge in [-0.2, -0.15) is 0 Å². The third-order valence-corrected chi connectivity index (χ3v) is 3.45. The molecule has 2 N–H and O–H groups in total. The molecule has 0 bridgehead atoms. The van der Waals surface area contributed by atoms with Crippen molar-refractivity contribution in [1.29, 1.82) is 0 Å². The molecule has 0 amide bonds. The van der Waals surface area contributed by atoms with Crippen molar-refractivity contribution in [3.05, 3.63) is 58.3 Å². The van der Waals surface area contributed by atoms with Crippen LogP contribution in [0, 0.1) is 0 Å². The fourth-order valence-corrected chi connectivity index (χ4v) is 2.61. The van der Waals surface area contributed by atoms with E-state index in [0.29, 0.717) is 0 Å². The van der Waals surface area contributed by atoms with Gasteiger partial charge in [-0.25, -0.2) is 0 Å². The van der Waals surface area contributed by atoms with Gasteiger partial charge in [-0.3, -0.25) is 9.88 Å². The summed E-state index contributed by atoms with van der Waals surface area (Å²) in [6.45, 7) is 4.98. The number of rotatable bonds is 5. The van der Waals surface area contributed by atoms with Gasteiger partial charge in [-0.1, -0.05) is 22.9 Å². The Balaban J connectivity index is 2.06. The summed E-state index contributed by atoms with van der Waals surface area (Å²) in [7, 11) is 0. The molecular weight excluding hydrogens is 302 g/mol. The summed E-state index contributed by atoms with van der Waals surface area (Å²) in [5, 5.41) is 0. The predicted molar refractivity (Wildman–Crippen MR) is 82.6 cm³/mol.